The zero-order valence-corrected chi connectivity index (χ0v) is 24.0. The molecule has 0 bridgehead atoms. The van der Waals surface area contributed by atoms with Gasteiger partial charge in [0.2, 0.25) is 6.79 Å². The number of benzene rings is 2. The summed E-state index contributed by atoms with van der Waals surface area (Å²) < 4.78 is 11.5. The van der Waals surface area contributed by atoms with Crippen molar-refractivity contribution in [1.29, 1.82) is 0 Å². The number of nitrogens with one attached hydrogen (secondary N) is 1. The number of ether oxygens (including phenoxy) is 2. The van der Waals surface area contributed by atoms with Crippen molar-refractivity contribution in [1.82, 2.24) is 0 Å². The number of carbonyl (C=O) groups excluding carboxylic acids is 2. The normalized spacial score (nSPS) is 16.6. The molecule has 1 aromatic heterocycles. The number of hydrogen-bond acceptors (Lipinski definition) is 7. The van der Waals surface area contributed by atoms with Crippen molar-refractivity contribution in [2.75, 3.05) is 31.4 Å². The first kappa shape index (κ1) is 28.0. The van der Waals surface area contributed by atoms with Gasteiger partial charge in [-0.25, -0.2) is 4.99 Å². The van der Waals surface area contributed by atoms with Crippen LogP contribution in [-0.2, 0) is 17.4 Å². The maximum atomic E-state index is 12.9. The second kappa shape index (κ2) is 12.2. The molecule has 1 N–H and O–H groups in total. The number of halogens is 1. The molecule has 0 aliphatic carbocycles. The molecule has 8 nitrogen and oxygen atoms in total. The molecule has 3 aromatic rings. The summed E-state index contributed by atoms with van der Waals surface area (Å²) in [7, 11) is 0. The molecule has 0 radical (unpaired) electrons. The smallest absolute Gasteiger partial charge is 0.286 e. The molecule has 2 aromatic carbocycles. The van der Waals surface area contributed by atoms with Crippen molar-refractivity contribution < 1.29 is 24.0 Å². The molecule has 0 saturated heterocycles. The number of hydrogen-bond donors (Lipinski definition) is 1. The minimum Gasteiger partial charge on any atom is -0.763 e. The number of hydrazone groups is 1. The summed E-state index contributed by atoms with van der Waals surface area (Å²) in [5.74, 6) is -0.655. The summed E-state index contributed by atoms with van der Waals surface area (Å²) in [5, 5.41) is 6.47. The zero-order valence-electron chi connectivity index (χ0n) is 21.6. The molecule has 2 aliphatic rings. The molecule has 0 fully saturated rings. The molecule has 2 amide bonds. The van der Waals surface area contributed by atoms with Gasteiger partial charge in [0.1, 0.15) is 4.88 Å². The van der Waals surface area contributed by atoms with Crippen molar-refractivity contribution in [2.24, 2.45) is 16.0 Å². The van der Waals surface area contributed by atoms with Gasteiger partial charge in [-0.15, -0.1) is 11.3 Å². The van der Waals surface area contributed by atoms with Crippen molar-refractivity contribution in [3.05, 3.63) is 52.4 Å². The first-order valence-corrected chi connectivity index (χ1v) is 14.0. The van der Waals surface area contributed by atoms with Crippen LogP contribution in [0.4, 0.5) is 5.69 Å². The van der Waals surface area contributed by atoms with E-state index in [-0.39, 0.29) is 27.6 Å². The number of carbonyl (C=O) groups is 2. The molecular formula is C27H29ClN4O4S2. The molecule has 2 aliphatic heterocycles. The molecule has 0 saturated carbocycles. The predicted molar refractivity (Wildman–Crippen MR) is 155 cm³/mol. The van der Waals surface area contributed by atoms with Crippen molar-refractivity contribution in [3.63, 3.8) is 0 Å². The molecule has 3 heterocycles. The highest BCUT2D eigenvalue weighted by Crippen LogP contribution is 2.43. The maximum Gasteiger partial charge on any atom is 0.286 e. The lowest BCUT2D eigenvalue weighted by Gasteiger charge is -2.19. The van der Waals surface area contributed by atoms with Gasteiger partial charge in [-0.2, -0.15) is 10.1 Å². The Balaban J connectivity index is 0.000000426. The third-order valence-corrected chi connectivity index (χ3v) is 8.38. The van der Waals surface area contributed by atoms with Crippen LogP contribution in [0.2, 0.25) is 5.02 Å². The van der Waals surface area contributed by atoms with Gasteiger partial charge < -0.3 is 27.0 Å². The molecule has 200 valence electrons. The standard InChI is InChI=1S/C21H14ClN3O4S2.C6H15N/c1-10-16(21(27)25(24-10)11-5-3-2-4-6-11)20(30)23-19(26)18-17(22)12-7-13-14(29-9-28-13)8-15(12)31-18;1-4-7(5-2)6-3/h2-8,16H,9H2,1H3,(H,23,26,30);4-6H2,1-3H3. The number of nitrogens with zero attached hydrogens (tertiary/aromatic N) is 3. The fourth-order valence-electron chi connectivity index (χ4n) is 4.16. The monoisotopic (exact) mass is 572 g/mol. The predicted octanol–water partition coefficient (Wildman–Crippen LogP) is 4.34. The van der Waals surface area contributed by atoms with E-state index >= 15 is 0 Å². The summed E-state index contributed by atoms with van der Waals surface area (Å²) in [6.45, 7) is 12.3. The molecule has 5 rings (SSSR count). The highest BCUT2D eigenvalue weighted by molar-refractivity contribution is 7.77. The summed E-state index contributed by atoms with van der Waals surface area (Å²) >= 11 is 13.0. The van der Waals surface area contributed by atoms with E-state index in [0.717, 1.165) is 4.70 Å². The van der Waals surface area contributed by atoms with Crippen molar-refractivity contribution in [3.8, 4) is 11.5 Å². The average molecular weight is 573 g/mol. The fraction of sp³-hybridized carbons (Fsp3) is 0.333. The first-order valence-electron chi connectivity index (χ1n) is 12.4. The first-order chi connectivity index (χ1) is 18.3. The Morgan fingerprint density at radius 3 is 2.39 bits per heavy atom. The van der Waals surface area contributed by atoms with Crippen LogP contribution >= 0.6 is 22.9 Å². The summed E-state index contributed by atoms with van der Waals surface area (Å²) in [4.78, 5) is 31.7. The minimum absolute atomic E-state index is 0.0441. The number of aliphatic imine (C=N–C) groups is 1. The van der Waals surface area contributed by atoms with Gasteiger partial charge in [-0.05, 0) is 45.9 Å². The maximum absolute atomic E-state index is 12.9. The minimum atomic E-state index is -0.877. The van der Waals surface area contributed by atoms with Crippen LogP contribution in [0, 0.1) is 5.92 Å². The Morgan fingerprint density at radius 1 is 1.16 bits per heavy atom. The molecule has 0 spiro atoms. The number of rotatable bonds is 6. The van der Waals surface area contributed by atoms with E-state index < -0.39 is 11.8 Å². The van der Waals surface area contributed by atoms with Crippen LogP contribution in [-0.4, -0.2) is 49.0 Å². The molecule has 11 heteroatoms. The Kier molecular flexibility index (Phi) is 8.99. The van der Waals surface area contributed by atoms with Crippen LogP contribution in [0.25, 0.3) is 10.1 Å². The number of thiophene rings is 1. The van der Waals surface area contributed by atoms with Crippen molar-refractivity contribution >= 4 is 73.9 Å². The number of anilines is 1. The summed E-state index contributed by atoms with van der Waals surface area (Å²) in [6.07, 6.45) is 0. The van der Waals surface area contributed by atoms with E-state index in [1.54, 1.807) is 36.1 Å². The lowest BCUT2D eigenvalue weighted by Crippen LogP contribution is -3.11. The average Bonchev–Trinajstić information content (AvgIpc) is 3.59. The SMILES string of the molecule is CC1=NN(c2ccccc2)C(=O)C1C([S-])=NC(=O)c1sc2cc3c(cc2c1Cl)OCO3.CC[NH+](CC)CC. The lowest BCUT2D eigenvalue weighted by atomic mass is 10.1. The van der Waals surface area contributed by atoms with Gasteiger partial charge in [0.25, 0.3) is 11.8 Å². The van der Waals surface area contributed by atoms with Crippen LogP contribution in [0.5, 0.6) is 11.5 Å². The number of fused-ring (bicyclic) bond motifs is 2. The Morgan fingerprint density at radius 2 is 1.79 bits per heavy atom. The van der Waals surface area contributed by atoms with Gasteiger partial charge in [0.05, 0.1) is 42.0 Å². The van der Waals surface area contributed by atoms with Crippen LogP contribution in [0.3, 0.4) is 0 Å². The van der Waals surface area contributed by atoms with Gasteiger partial charge in [-0.3, -0.25) is 9.59 Å². The molecule has 1 atom stereocenters. The van der Waals surface area contributed by atoms with E-state index in [9.17, 15) is 9.59 Å². The van der Waals surface area contributed by atoms with Crippen molar-refractivity contribution in [2.45, 2.75) is 27.7 Å². The molecule has 1 unspecified atom stereocenters. The van der Waals surface area contributed by atoms with Gasteiger partial charge >= 0.3 is 0 Å². The Bertz CT molecular complexity index is 1400. The largest absolute Gasteiger partial charge is 0.763 e. The lowest BCUT2D eigenvalue weighted by molar-refractivity contribution is -0.894. The van der Waals surface area contributed by atoms with Crippen LogP contribution < -0.4 is 19.4 Å². The second-order valence-corrected chi connectivity index (χ2v) is 10.5. The van der Waals surface area contributed by atoms with E-state index in [0.29, 0.717) is 28.3 Å². The summed E-state index contributed by atoms with van der Waals surface area (Å²) in [6, 6.07) is 12.5. The van der Waals surface area contributed by atoms with E-state index in [1.807, 2.05) is 18.2 Å². The Labute approximate surface area is 236 Å². The van der Waals surface area contributed by atoms with E-state index in [4.69, 9.17) is 33.7 Å². The van der Waals surface area contributed by atoms with Gasteiger partial charge in [-0.1, -0.05) is 34.8 Å². The third kappa shape index (κ3) is 5.68. The zero-order chi connectivity index (χ0) is 27.4. The quantitative estimate of drug-likeness (QED) is 0.270. The van der Waals surface area contributed by atoms with Crippen LogP contribution in [0.15, 0.2) is 52.6 Å². The summed E-state index contributed by atoms with van der Waals surface area (Å²) in [5.41, 5.74) is 1.09. The fourth-order valence-corrected chi connectivity index (χ4v) is 5.92. The van der Waals surface area contributed by atoms with Gasteiger partial charge in [0.15, 0.2) is 11.5 Å². The highest BCUT2D eigenvalue weighted by Gasteiger charge is 2.34. The Hall–Kier alpha value is -3.05. The van der Waals surface area contributed by atoms with Crippen LogP contribution in [0.1, 0.15) is 37.4 Å². The molecular weight excluding hydrogens is 544 g/mol. The number of amides is 2. The number of para-hydroxylation sites is 1. The second-order valence-electron chi connectivity index (χ2n) is 8.67. The van der Waals surface area contributed by atoms with E-state index in [1.165, 1.54) is 36.0 Å². The highest BCUT2D eigenvalue weighted by atomic mass is 35.5. The third-order valence-electron chi connectivity index (χ3n) is 6.41. The van der Waals surface area contributed by atoms with E-state index in [2.05, 4.69) is 30.9 Å². The number of quaternary nitrogens is 1. The molecule has 38 heavy (non-hydrogen) atoms. The van der Waals surface area contributed by atoms with Gasteiger partial charge in [0, 0.05) is 16.2 Å². The topological polar surface area (TPSA) is 85.0 Å².